The molecule has 2 amide bonds. The largest absolute Gasteiger partial charge is 0.481 e. The monoisotopic (exact) mass is 493 g/mol. The number of halogens is 1. The number of aryl methyl sites for hydroxylation is 1. The molecule has 5 heterocycles. The number of imidazole rings is 1. The number of carbonyl (C=O) groups excluding carboxylic acids is 2. The van der Waals surface area contributed by atoms with Crippen LogP contribution in [-0.2, 0) is 11.3 Å². The van der Waals surface area contributed by atoms with Gasteiger partial charge in [-0.1, -0.05) is 0 Å². The van der Waals surface area contributed by atoms with E-state index in [4.69, 9.17) is 4.74 Å². The first-order chi connectivity index (χ1) is 17.5. The van der Waals surface area contributed by atoms with Crippen LogP contribution >= 0.6 is 0 Å². The normalized spacial score (nSPS) is 22.2. The summed E-state index contributed by atoms with van der Waals surface area (Å²) in [7, 11) is 1.45. The number of piperidine rings is 1. The van der Waals surface area contributed by atoms with E-state index in [0.29, 0.717) is 25.1 Å². The first-order valence-corrected chi connectivity index (χ1v) is 12.4. The maximum absolute atomic E-state index is 14.3. The molecule has 1 saturated heterocycles. The molecule has 2 aliphatic heterocycles. The minimum atomic E-state index is -0.538. The summed E-state index contributed by atoms with van der Waals surface area (Å²) in [5.41, 5.74) is 0.519. The maximum Gasteiger partial charge on any atom is 0.274 e. The second-order valence-corrected chi connectivity index (χ2v) is 9.93. The first-order valence-electron chi connectivity index (χ1n) is 12.4. The fourth-order valence-corrected chi connectivity index (χ4v) is 5.64. The Bertz CT molecular complexity index is 1310. The number of nitrogens with zero attached hydrogens (tertiary/aromatic N) is 5. The summed E-state index contributed by atoms with van der Waals surface area (Å²) in [5, 5.41) is 10.2. The summed E-state index contributed by atoms with van der Waals surface area (Å²) >= 11 is 0. The smallest absolute Gasteiger partial charge is 0.274 e. The number of carbonyl (C=O) groups is 2. The van der Waals surface area contributed by atoms with E-state index >= 15 is 0 Å². The Balaban J connectivity index is 1.14. The van der Waals surface area contributed by atoms with Crippen molar-refractivity contribution in [3.63, 3.8) is 0 Å². The van der Waals surface area contributed by atoms with E-state index in [1.165, 1.54) is 13.2 Å². The molecular formula is C25H28FN7O3. The van der Waals surface area contributed by atoms with Gasteiger partial charge in [0, 0.05) is 48.6 Å². The van der Waals surface area contributed by atoms with Crippen LogP contribution in [0, 0.1) is 11.7 Å². The second-order valence-electron chi connectivity index (χ2n) is 9.93. The Kier molecular flexibility index (Phi) is 5.50. The van der Waals surface area contributed by atoms with E-state index in [2.05, 4.69) is 30.0 Å². The molecule has 1 aliphatic carbocycles. The highest BCUT2D eigenvalue weighted by Gasteiger charge is 2.54. The third-order valence-electron chi connectivity index (χ3n) is 7.74. The molecule has 6 rings (SSSR count). The number of aromatic amines is 1. The molecule has 188 valence electrons. The highest BCUT2D eigenvalue weighted by molar-refractivity contribution is 5.94. The van der Waals surface area contributed by atoms with Gasteiger partial charge in [0.1, 0.15) is 5.82 Å². The van der Waals surface area contributed by atoms with E-state index in [1.54, 1.807) is 12.3 Å². The van der Waals surface area contributed by atoms with Crippen LogP contribution < -0.4 is 10.1 Å². The molecule has 0 aromatic carbocycles. The number of amides is 2. The van der Waals surface area contributed by atoms with Gasteiger partial charge in [0.05, 0.1) is 25.0 Å². The van der Waals surface area contributed by atoms with E-state index in [-0.39, 0.29) is 46.5 Å². The van der Waals surface area contributed by atoms with Crippen LogP contribution in [0.25, 0.3) is 11.3 Å². The van der Waals surface area contributed by atoms with Crippen LogP contribution in [0.15, 0.2) is 30.7 Å². The molecule has 3 aliphatic rings. The summed E-state index contributed by atoms with van der Waals surface area (Å²) < 4.78 is 21.5. The standard InChI is InChI=1S/C25H28FN7O3/c1-36-21-11-16(17(26)14-28-21)19-12-20(31-30-19)24(35)33-9-4-15(13-25(33)5-6-25)23(34)29-18-3-2-8-32-10-7-27-22(18)32/h7,10-12,14-15,18H,2-6,8-9,13H2,1H3,(H,29,34)(H,30,31). The van der Waals surface area contributed by atoms with Crippen molar-refractivity contribution < 1.29 is 18.7 Å². The average molecular weight is 494 g/mol. The molecule has 36 heavy (non-hydrogen) atoms. The summed E-state index contributed by atoms with van der Waals surface area (Å²) in [6.45, 7) is 1.41. The molecule has 10 nitrogen and oxygen atoms in total. The van der Waals surface area contributed by atoms with Crippen LogP contribution in [0.4, 0.5) is 4.39 Å². The zero-order valence-electron chi connectivity index (χ0n) is 20.0. The van der Waals surface area contributed by atoms with Crippen LogP contribution in [-0.4, -0.2) is 60.6 Å². The number of likely N-dealkylation sites (tertiary alicyclic amines) is 1. The van der Waals surface area contributed by atoms with Gasteiger partial charge in [-0.05, 0) is 44.6 Å². The second kappa shape index (κ2) is 8.72. The van der Waals surface area contributed by atoms with Crippen LogP contribution in [0.2, 0.25) is 0 Å². The summed E-state index contributed by atoms with van der Waals surface area (Å²) in [6.07, 6.45) is 9.66. The predicted molar refractivity (Wildman–Crippen MR) is 126 cm³/mol. The number of nitrogens with one attached hydrogen (secondary N) is 2. The zero-order valence-corrected chi connectivity index (χ0v) is 20.0. The van der Waals surface area contributed by atoms with Crippen LogP contribution in [0.1, 0.15) is 60.9 Å². The molecule has 2 fully saturated rings. The van der Waals surface area contributed by atoms with Crippen LogP contribution in [0.5, 0.6) is 5.88 Å². The lowest BCUT2D eigenvalue weighted by molar-refractivity contribution is -0.128. The van der Waals surface area contributed by atoms with Crippen LogP contribution in [0.3, 0.4) is 0 Å². The summed E-state index contributed by atoms with van der Waals surface area (Å²) in [4.78, 5) is 36.7. The number of H-pyrrole nitrogens is 1. The molecule has 1 saturated carbocycles. The number of aromatic nitrogens is 5. The lowest BCUT2D eigenvalue weighted by Crippen LogP contribution is -2.51. The Hall–Kier alpha value is -3.76. The van der Waals surface area contributed by atoms with Crippen molar-refractivity contribution in [3.05, 3.63) is 48.1 Å². The zero-order chi connectivity index (χ0) is 24.9. The lowest BCUT2D eigenvalue weighted by atomic mass is 9.87. The highest BCUT2D eigenvalue weighted by Crippen LogP contribution is 2.50. The fraction of sp³-hybridized carbons (Fsp3) is 0.480. The SMILES string of the molecule is COc1cc(-c2cc(C(=O)N3CCC(C(=O)NC4CCCn5ccnc54)CC34CC4)n[nH]2)c(F)cn1. The van der Waals surface area contributed by atoms with E-state index in [9.17, 15) is 14.0 Å². The van der Waals surface area contributed by atoms with Gasteiger partial charge in [-0.2, -0.15) is 5.10 Å². The molecule has 11 heteroatoms. The first kappa shape index (κ1) is 22.7. The van der Waals surface area contributed by atoms with Gasteiger partial charge in [-0.15, -0.1) is 0 Å². The molecule has 1 spiro atoms. The van der Waals surface area contributed by atoms with Gasteiger partial charge in [0.15, 0.2) is 11.5 Å². The Morgan fingerprint density at radius 3 is 2.89 bits per heavy atom. The maximum atomic E-state index is 14.3. The fourth-order valence-electron chi connectivity index (χ4n) is 5.64. The van der Waals surface area contributed by atoms with Gasteiger partial charge in [-0.25, -0.2) is 14.4 Å². The third kappa shape index (κ3) is 3.92. The summed E-state index contributed by atoms with van der Waals surface area (Å²) in [5.74, 6) is 0.340. The van der Waals surface area contributed by atoms with Crippen molar-refractivity contribution in [2.24, 2.45) is 5.92 Å². The molecule has 3 aromatic heterocycles. The highest BCUT2D eigenvalue weighted by atomic mass is 19.1. The predicted octanol–water partition coefficient (Wildman–Crippen LogP) is 2.85. The van der Waals surface area contributed by atoms with Crippen molar-refractivity contribution in [1.29, 1.82) is 0 Å². The molecule has 3 aromatic rings. The van der Waals surface area contributed by atoms with E-state index in [0.717, 1.165) is 44.2 Å². The number of pyridine rings is 1. The number of methoxy groups -OCH3 is 1. The van der Waals surface area contributed by atoms with Crippen molar-refractivity contribution >= 4 is 11.8 Å². The Labute approximate surface area is 207 Å². The number of fused-ring (bicyclic) bond motifs is 1. The van der Waals surface area contributed by atoms with E-state index in [1.807, 2.05) is 11.1 Å². The summed E-state index contributed by atoms with van der Waals surface area (Å²) in [6, 6.07) is 2.95. The van der Waals surface area contributed by atoms with Gasteiger partial charge in [0.25, 0.3) is 5.91 Å². The van der Waals surface area contributed by atoms with Gasteiger partial charge >= 0.3 is 0 Å². The Morgan fingerprint density at radius 1 is 1.22 bits per heavy atom. The average Bonchev–Trinajstić information content (AvgIpc) is 3.27. The molecule has 0 bridgehead atoms. The number of ether oxygens (including phenoxy) is 1. The van der Waals surface area contributed by atoms with Crippen molar-refractivity contribution in [2.45, 2.75) is 56.7 Å². The molecule has 0 radical (unpaired) electrons. The van der Waals surface area contributed by atoms with Gasteiger partial charge in [-0.3, -0.25) is 14.7 Å². The van der Waals surface area contributed by atoms with Crippen molar-refractivity contribution in [3.8, 4) is 17.1 Å². The molecular weight excluding hydrogens is 465 g/mol. The Morgan fingerprint density at radius 2 is 2.08 bits per heavy atom. The number of rotatable bonds is 5. The quantitative estimate of drug-likeness (QED) is 0.564. The van der Waals surface area contributed by atoms with Gasteiger partial charge in [0.2, 0.25) is 11.8 Å². The van der Waals surface area contributed by atoms with Gasteiger partial charge < -0.3 is 19.5 Å². The number of hydrogen-bond acceptors (Lipinski definition) is 6. The van der Waals surface area contributed by atoms with E-state index < -0.39 is 5.82 Å². The number of hydrogen-bond donors (Lipinski definition) is 2. The topological polar surface area (TPSA) is 118 Å². The minimum absolute atomic E-state index is 0.0407. The molecule has 2 unspecified atom stereocenters. The molecule has 2 atom stereocenters. The van der Waals surface area contributed by atoms with Crippen molar-refractivity contribution in [2.75, 3.05) is 13.7 Å². The molecule has 2 N–H and O–H groups in total. The minimum Gasteiger partial charge on any atom is -0.481 e. The third-order valence-corrected chi connectivity index (χ3v) is 7.74. The lowest BCUT2D eigenvalue weighted by Gasteiger charge is -2.40. The van der Waals surface area contributed by atoms with Crippen molar-refractivity contribution in [1.82, 2.24) is 34.9 Å².